The lowest BCUT2D eigenvalue weighted by Crippen LogP contribution is -1.98. The van der Waals surface area contributed by atoms with Crippen molar-refractivity contribution in [3.8, 4) is 11.5 Å². The van der Waals surface area contributed by atoms with Gasteiger partial charge in [0.25, 0.3) is 0 Å². The number of nitrogens with zero attached hydrogens (tertiary/aromatic N) is 1. The number of ketones is 1. The fourth-order valence-electron chi connectivity index (χ4n) is 1.83. The first kappa shape index (κ1) is 10.5. The van der Waals surface area contributed by atoms with Crippen LogP contribution in [0.2, 0.25) is 0 Å². The maximum atomic E-state index is 12.0. The molecule has 1 aromatic carbocycles. The molecule has 0 saturated heterocycles. The Balaban J connectivity index is 2.03. The van der Waals surface area contributed by atoms with Crippen LogP contribution in [0.15, 0.2) is 48.5 Å². The van der Waals surface area contributed by atoms with Crippen LogP contribution in [0.4, 0.5) is 0 Å². The quantitative estimate of drug-likeness (QED) is 0.776. The average molecular weight is 239 g/mol. The predicted molar refractivity (Wildman–Crippen MR) is 65.3 cm³/mol. The number of ether oxygens (including phenoxy) is 1. The van der Waals surface area contributed by atoms with E-state index in [4.69, 9.17) is 4.74 Å². The van der Waals surface area contributed by atoms with Crippen LogP contribution >= 0.6 is 0 Å². The molecule has 0 unspecified atom stereocenters. The van der Waals surface area contributed by atoms with Crippen LogP contribution in [-0.2, 0) is 0 Å². The molecule has 1 aliphatic heterocycles. The summed E-state index contributed by atoms with van der Waals surface area (Å²) < 4.78 is 5.43. The zero-order valence-electron chi connectivity index (χ0n) is 9.33. The predicted octanol–water partition coefficient (Wildman–Crippen LogP) is 2.40. The minimum absolute atomic E-state index is 0.0629. The molecule has 2 aromatic rings. The van der Waals surface area contributed by atoms with E-state index in [1.54, 1.807) is 36.7 Å². The second-order valence-corrected chi connectivity index (χ2v) is 3.88. The number of phenols is 1. The number of hydrogen-bond donors (Lipinski definition) is 1. The maximum absolute atomic E-state index is 12.0. The van der Waals surface area contributed by atoms with Crippen molar-refractivity contribution in [2.45, 2.75) is 0 Å². The summed E-state index contributed by atoms with van der Waals surface area (Å²) in [5, 5.41) is 9.65. The van der Waals surface area contributed by atoms with Gasteiger partial charge in [0, 0.05) is 12.4 Å². The summed E-state index contributed by atoms with van der Waals surface area (Å²) in [5.74, 6) is 0.202. The van der Waals surface area contributed by atoms with Crippen molar-refractivity contribution in [1.82, 2.24) is 4.98 Å². The number of benzene rings is 1. The van der Waals surface area contributed by atoms with Crippen molar-refractivity contribution < 1.29 is 14.6 Å². The number of carbonyl (C=O) groups excluding carboxylic acids is 1. The molecule has 1 aromatic heterocycles. The summed E-state index contributed by atoms with van der Waals surface area (Å²) in [6, 6.07) is 8.34. The van der Waals surface area contributed by atoms with Gasteiger partial charge < -0.3 is 9.84 Å². The monoisotopic (exact) mass is 239 g/mol. The van der Waals surface area contributed by atoms with Crippen LogP contribution in [0.25, 0.3) is 6.08 Å². The largest absolute Gasteiger partial charge is 0.507 e. The normalized spacial score (nSPS) is 15.6. The lowest BCUT2D eigenvalue weighted by Gasteiger charge is -1.97. The van der Waals surface area contributed by atoms with E-state index in [9.17, 15) is 9.90 Å². The van der Waals surface area contributed by atoms with Crippen molar-refractivity contribution in [3.05, 3.63) is 59.6 Å². The fraction of sp³-hybridized carbons (Fsp3) is 0. The highest BCUT2D eigenvalue weighted by Crippen LogP contribution is 2.37. The van der Waals surface area contributed by atoms with Crippen LogP contribution in [0.3, 0.4) is 0 Å². The van der Waals surface area contributed by atoms with Crippen molar-refractivity contribution in [3.63, 3.8) is 0 Å². The molecule has 88 valence electrons. The highest BCUT2D eigenvalue weighted by atomic mass is 16.5. The molecular weight excluding hydrogens is 230 g/mol. The standard InChI is InChI=1S/C14H9NO3/c16-10-4-1-5-11-13(10)14(17)12(18-11)7-9-3-2-6-15-8-9/h1-8,16H/b12-7-. The third kappa shape index (κ3) is 1.64. The van der Waals surface area contributed by atoms with Gasteiger partial charge in [0.15, 0.2) is 5.76 Å². The number of aromatic nitrogens is 1. The highest BCUT2D eigenvalue weighted by molar-refractivity contribution is 6.16. The molecule has 0 bridgehead atoms. The number of hydrogen-bond acceptors (Lipinski definition) is 4. The average Bonchev–Trinajstić information content (AvgIpc) is 2.69. The van der Waals surface area contributed by atoms with E-state index in [0.29, 0.717) is 5.75 Å². The second-order valence-electron chi connectivity index (χ2n) is 3.88. The van der Waals surface area contributed by atoms with Crippen LogP contribution in [0.5, 0.6) is 11.5 Å². The van der Waals surface area contributed by atoms with Gasteiger partial charge in [-0.3, -0.25) is 9.78 Å². The Morgan fingerprint density at radius 2 is 2.11 bits per heavy atom. The summed E-state index contributed by atoms with van der Waals surface area (Å²) in [4.78, 5) is 16.0. The zero-order valence-corrected chi connectivity index (χ0v) is 9.33. The molecule has 0 aliphatic carbocycles. The molecule has 2 heterocycles. The van der Waals surface area contributed by atoms with Crippen molar-refractivity contribution >= 4 is 11.9 Å². The van der Waals surface area contributed by atoms with Gasteiger partial charge in [-0.1, -0.05) is 12.1 Å². The minimum atomic E-state index is -0.313. The molecular formula is C14H9NO3. The molecule has 0 atom stereocenters. The van der Waals surface area contributed by atoms with E-state index in [1.165, 1.54) is 6.07 Å². The van der Waals surface area contributed by atoms with E-state index in [1.807, 2.05) is 6.07 Å². The van der Waals surface area contributed by atoms with Crippen LogP contribution in [0.1, 0.15) is 15.9 Å². The number of pyridine rings is 1. The van der Waals surface area contributed by atoms with Gasteiger partial charge in [-0.15, -0.1) is 0 Å². The van der Waals surface area contributed by atoms with Crippen molar-refractivity contribution in [2.75, 3.05) is 0 Å². The molecule has 4 nitrogen and oxygen atoms in total. The summed E-state index contributed by atoms with van der Waals surface area (Å²) in [7, 11) is 0. The summed E-state index contributed by atoms with van der Waals surface area (Å²) in [6.07, 6.45) is 4.89. The Morgan fingerprint density at radius 3 is 2.83 bits per heavy atom. The third-order valence-electron chi connectivity index (χ3n) is 2.66. The second kappa shape index (κ2) is 4.00. The van der Waals surface area contributed by atoms with E-state index < -0.39 is 0 Å². The fourth-order valence-corrected chi connectivity index (χ4v) is 1.83. The van der Waals surface area contributed by atoms with E-state index in [2.05, 4.69) is 4.98 Å². The molecule has 0 amide bonds. The van der Waals surface area contributed by atoms with E-state index in [0.717, 1.165) is 5.56 Å². The molecule has 3 rings (SSSR count). The molecule has 1 aliphatic rings. The number of allylic oxidation sites excluding steroid dienone is 1. The third-order valence-corrected chi connectivity index (χ3v) is 2.66. The minimum Gasteiger partial charge on any atom is -0.507 e. The molecule has 18 heavy (non-hydrogen) atoms. The Morgan fingerprint density at radius 1 is 1.22 bits per heavy atom. The van der Waals surface area contributed by atoms with Crippen LogP contribution < -0.4 is 4.74 Å². The van der Waals surface area contributed by atoms with E-state index >= 15 is 0 Å². The van der Waals surface area contributed by atoms with Crippen LogP contribution in [0, 0.1) is 0 Å². The first-order valence-electron chi connectivity index (χ1n) is 5.42. The lowest BCUT2D eigenvalue weighted by atomic mass is 10.1. The van der Waals surface area contributed by atoms with Gasteiger partial charge in [0.05, 0.1) is 0 Å². The number of fused-ring (bicyclic) bond motifs is 1. The molecule has 0 saturated carbocycles. The number of rotatable bonds is 1. The molecule has 0 radical (unpaired) electrons. The van der Waals surface area contributed by atoms with Gasteiger partial charge >= 0.3 is 0 Å². The number of carbonyl (C=O) groups is 1. The van der Waals surface area contributed by atoms with Crippen molar-refractivity contribution in [2.24, 2.45) is 0 Å². The first-order valence-corrected chi connectivity index (χ1v) is 5.42. The highest BCUT2D eigenvalue weighted by Gasteiger charge is 2.30. The molecule has 0 spiro atoms. The SMILES string of the molecule is O=C1/C(=C/c2cccnc2)Oc2cccc(O)c21. The molecule has 1 N–H and O–H groups in total. The van der Waals surface area contributed by atoms with E-state index in [-0.39, 0.29) is 22.9 Å². The molecule has 4 heteroatoms. The van der Waals surface area contributed by atoms with Gasteiger partial charge in [0.1, 0.15) is 17.1 Å². The zero-order chi connectivity index (χ0) is 12.5. The Hall–Kier alpha value is -2.62. The van der Waals surface area contributed by atoms with Gasteiger partial charge in [0.2, 0.25) is 5.78 Å². The molecule has 0 fully saturated rings. The topological polar surface area (TPSA) is 59.4 Å². The van der Waals surface area contributed by atoms with Gasteiger partial charge in [-0.05, 0) is 29.8 Å². The number of Topliss-reactive ketones (excluding diaryl/α,β-unsaturated/α-hetero) is 1. The number of aromatic hydroxyl groups is 1. The Kier molecular flexibility index (Phi) is 2.34. The van der Waals surface area contributed by atoms with Crippen molar-refractivity contribution in [1.29, 1.82) is 0 Å². The summed E-state index contributed by atoms with van der Waals surface area (Å²) in [5.41, 5.74) is 0.987. The van der Waals surface area contributed by atoms with Crippen LogP contribution in [-0.4, -0.2) is 15.9 Å². The summed E-state index contributed by atoms with van der Waals surface area (Å²) in [6.45, 7) is 0. The number of phenolic OH excluding ortho intramolecular Hbond substituents is 1. The maximum Gasteiger partial charge on any atom is 0.235 e. The lowest BCUT2D eigenvalue weighted by molar-refractivity contribution is 0.101. The Labute approximate surface area is 103 Å². The summed E-state index contributed by atoms with van der Waals surface area (Å²) >= 11 is 0. The van der Waals surface area contributed by atoms with Gasteiger partial charge in [-0.2, -0.15) is 0 Å². The smallest absolute Gasteiger partial charge is 0.235 e. The van der Waals surface area contributed by atoms with Gasteiger partial charge in [-0.25, -0.2) is 0 Å². The first-order chi connectivity index (χ1) is 8.75. The Bertz CT molecular complexity index is 647.